The Balaban J connectivity index is 2.27. The van der Waals surface area contributed by atoms with Crippen LogP contribution in [0.1, 0.15) is 58.1 Å². The second kappa shape index (κ2) is 5.89. The van der Waals surface area contributed by atoms with Crippen molar-refractivity contribution in [3.8, 4) is 0 Å². The van der Waals surface area contributed by atoms with Crippen molar-refractivity contribution in [2.24, 2.45) is 11.3 Å². The molecule has 1 unspecified atom stereocenters. The summed E-state index contributed by atoms with van der Waals surface area (Å²) in [4.78, 5) is 0. The van der Waals surface area contributed by atoms with Gasteiger partial charge in [-0.3, -0.25) is 0 Å². The molecule has 112 valence electrons. The molecule has 1 fully saturated rings. The van der Waals surface area contributed by atoms with Crippen molar-refractivity contribution in [2.75, 3.05) is 13.1 Å². The minimum Gasteiger partial charge on any atom is -0.317 e. The molecule has 0 saturated carbocycles. The fourth-order valence-electron chi connectivity index (χ4n) is 3.59. The van der Waals surface area contributed by atoms with Crippen LogP contribution in [0.3, 0.4) is 0 Å². The van der Waals surface area contributed by atoms with Gasteiger partial charge in [-0.05, 0) is 61.6 Å². The summed E-state index contributed by atoms with van der Waals surface area (Å²) >= 11 is 0. The summed E-state index contributed by atoms with van der Waals surface area (Å²) in [7, 11) is 0. The van der Waals surface area contributed by atoms with Crippen molar-refractivity contribution in [1.29, 1.82) is 0 Å². The molecule has 1 atom stereocenters. The van der Waals surface area contributed by atoms with Crippen LogP contribution in [-0.4, -0.2) is 13.1 Å². The first-order valence-corrected chi connectivity index (χ1v) is 8.13. The maximum atomic E-state index is 3.55. The van der Waals surface area contributed by atoms with E-state index in [2.05, 4.69) is 64.2 Å². The Hall–Kier alpha value is -0.820. The van der Waals surface area contributed by atoms with Crippen molar-refractivity contribution in [3.63, 3.8) is 0 Å². The predicted molar refractivity (Wildman–Crippen MR) is 88.2 cm³/mol. The molecule has 1 heterocycles. The molecule has 0 aromatic heterocycles. The molecule has 1 heteroatoms. The van der Waals surface area contributed by atoms with Crippen LogP contribution < -0.4 is 5.32 Å². The Morgan fingerprint density at radius 2 is 1.60 bits per heavy atom. The molecule has 2 rings (SSSR count). The van der Waals surface area contributed by atoms with Gasteiger partial charge in [-0.2, -0.15) is 0 Å². The van der Waals surface area contributed by atoms with Gasteiger partial charge in [0.1, 0.15) is 0 Å². The van der Waals surface area contributed by atoms with Gasteiger partial charge in [0.05, 0.1) is 0 Å². The molecule has 0 radical (unpaired) electrons. The van der Waals surface area contributed by atoms with Gasteiger partial charge in [-0.25, -0.2) is 0 Å². The van der Waals surface area contributed by atoms with Gasteiger partial charge in [-0.15, -0.1) is 0 Å². The topological polar surface area (TPSA) is 12.0 Å². The van der Waals surface area contributed by atoms with Gasteiger partial charge < -0.3 is 5.32 Å². The largest absolute Gasteiger partial charge is 0.317 e. The van der Waals surface area contributed by atoms with Gasteiger partial charge in [0.2, 0.25) is 0 Å². The molecule has 1 aliphatic rings. The van der Waals surface area contributed by atoms with E-state index >= 15 is 0 Å². The van der Waals surface area contributed by atoms with E-state index in [9.17, 15) is 0 Å². The zero-order chi connectivity index (χ0) is 14.8. The molecule has 20 heavy (non-hydrogen) atoms. The minimum absolute atomic E-state index is 0.204. The van der Waals surface area contributed by atoms with E-state index in [1.807, 2.05) is 0 Å². The third-order valence-electron chi connectivity index (χ3n) is 5.98. The maximum absolute atomic E-state index is 3.55. The van der Waals surface area contributed by atoms with E-state index in [1.165, 1.54) is 43.5 Å². The second-order valence-electron chi connectivity index (χ2n) is 7.59. The van der Waals surface area contributed by atoms with Crippen LogP contribution in [0.2, 0.25) is 0 Å². The highest BCUT2D eigenvalue weighted by Gasteiger charge is 2.43. The van der Waals surface area contributed by atoms with E-state index in [-0.39, 0.29) is 5.41 Å². The van der Waals surface area contributed by atoms with Crippen molar-refractivity contribution in [2.45, 2.75) is 59.3 Å². The van der Waals surface area contributed by atoms with Crippen LogP contribution in [-0.2, 0) is 5.41 Å². The first-order valence-electron chi connectivity index (χ1n) is 8.13. The summed E-state index contributed by atoms with van der Waals surface area (Å²) in [5.41, 5.74) is 3.34. The van der Waals surface area contributed by atoms with Crippen LogP contribution in [0.15, 0.2) is 24.3 Å². The molecule has 1 saturated heterocycles. The fraction of sp³-hybridized carbons (Fsp3) is 0.684. The molecular formula is C19H31N. The van der Waals surface area contributed by atoms with E-state index in [4.69, 9.17) is 0 Å². The van der Waals surface area contributed by atoms with Crippen LogP contribution in [0, 0.1) is 18.3 Å². The highest BCUT2D eigenvalue weighted by Crippen LogP contribution is 2.49. The minimum atomic E-state index is 0.204. The van der Waals surface area contributed by atoms with Gasteiger partial charge in [0, 0.05) is 0 Å². The Morgan fingerprint density at radius 3 is 2.25 bits per heavy atom. The molecule has 1 aliphatic heterocycles. The Morgan fingerprint density at radius 1 is 0.950 bits per heavy atom. The predicted octanol–water partition coefficient (Wildman–Crippen LogP) is 4.69. The van der Waals surface area contributed by atoms with Crippen LogP contribution in [0.4, 0.5) is 0 Å². The smallest absolute Gasteiger partial charge is 0.00461 e. The van der Waals surface area contributed by atoms with Crippen molar-refractivity contribution in [1.82, 2.24) is 5.32 Å². The zero-order valence-electron chi connectivity index (χ0n) is 13.9. The summed E-state index contributed by atoms with van der Waals surface area (Å²) in [6, 6.07) is 9.15. The number of nitrogens with one attached hydrogen (secondary N) is 1. The highest BCUT2D eigenvalue weighted by molar-refractivity contribution is 5.29. The number of rotatable bonds is 3. The summed E-state index contributed by atoms with van der Waals surface area (Å²) in [5.74, 6) is 0.800. The average molecular weight is 273 g/mol. The normalized spacial score (nSPS) is 21.6. The first kappa shape index (κ1) is 15.6. The van der Waals surface area contributed by atoms with Crippen LogP contribution in [0.25, 0.3) is 0 Å². The van der Waals surface area contributed by atoms with Crippen LogP contribution >= 0.6 is 0 Å². The Labute approximate surface area is 125 Å². The van der Waals surface area contributed by atoms with Gasteiger partial charge in [-0.1, -0.05) is 57.5 Å². The lowest BCUT2D eigenvalue weighted by atomic mass is 9.57. The monoisotopic (exact) mass is 273 g/mol. The number of benzene rings is 1. The van der Waals surface area contributed by atoms with E-state index in [0.717, 1.165) is 5.92 Å². The standard InChI is InChI=1S/C19H31N/c1-15-8-10-17(11-9-15)19(4,5)18(2,3)16-7-6-13-20-14-12-16/h8-11,16,20H,6-7,12-14H2,1-5H3. The summed E-state index contributed by atoms with van der Waals surface area (Å²) < 4.78 is 0. The maximum Gasteiger partial charge on any atom is -0.00461 e. The lowest BCUT2D eigenvalue weighted by Crippen LogP contribution is -2.42. The molecule has 1 nitrogen and oxygen atoms in total. The summed E-state index contributed by atoms with van der Waals surface area (Å²) in [6.45, 7) is 14.3. The molecular weight excluding hydrogens is 242 g/mol. The van der Waals surface area contributed by atoms with E-state index < -0.39 is 0 Å². The lowest BCUT2D eigenvalue weighted by Gasteiger charge is -2.47. The number of aryl methyl sites for hydroxylation is 1. The Bertz CT molecular complexity index is 420. The van der Waals surface area contributed by atoms with Gasteiger partial charge in [0.15, 0.2) is 0 Å². The molecule has 1 aromatic rings. The van der Waals surface area contributed by atoms with Gasteiger partial charge in [0.25, 0.3) is 0 Å². The molecule has 0 spiro atoms. The first-order chi connectivity index (χ1) is 9.35. The summed E-state index contributed by atoms with van der Waals surface area (Å²) in [5, 5.41) is 3.55. The van der Waals surface area contributed by atoms with Crippen molar-refractivity contribution < 1.29 is 0 Å². The van der Waals surface area contributed by atoms with Crippen LogP contribution in [0.5, 0.6) is 0 Å². The SMILES string of the molecule is Cc1ccc(C(C)(C)C(C)(C)C2CCCNCC2)cc1. The number of hydrogen-bond acceptors (Lipinski definition) is 1. The zero-order valence-corrected chi connectivity index (χ0v) is 13.9. The van der Waals surface area contributed by atoms with E-state index in [0.29, 0.717) is 5.41 Å². The molecule has 0 bridgehead atoms. The summed E-state index contributed by atoms with van der Waals surface area (Å²) in [6.07, 6.45) is 3.98. The second-order valence-corrected chi connectivity index (χ2v) is 7.59. The van der Waals surface area contributed by atoms with Gasteiger partial charge >= 0.3 is 0 Å². The fourth-order valence-corrected chi connectivity index (χ4v) is 3.59. The lowest BCUT2D eigenvalue weighted by molar-refractivity contribution is 0.0923. The number of hydrogen-bond donors (Lipinski definition) is 1. The third kappa shape index (κ3) is 2.93. The molecule has 0 amide bonds. The van der Waals surface area contributed by atoms with Crippen molar-refractivity contribution in [3.05, 3.63) is 35.4 Å². The average Bonchev–Trinajstić information content (AvgIpc) is 2.68. The highest BCUT2D eigenvalue weighted by atomic mass is 14.9. The van der Waals surface area contributed by atoms with E-state index in [1.54, 1.807) is 0 Å². The molecule has 1 aromatic carbocycles. The Kier molecular flexibility index (Phi) is 4.59. The third-order valence-corrected chi connectivity index (χ3v) is 5.98. The quantitative estimate of drug-likeness (QED) is 0.842. The van der Waals surface area contributed by atoms with Crippen molar-refractivity contribution >= 4 is 0 Å². The molecule has 1 N–H and O–H groups in total. The molecule has 0 aliphatic carbocycles.